The zero-order chi connectivity index (χ0) is 23.1. The maximum Gasteiger partial charge on any atom is 0.260 e. The minimum atomic E-state index is -1.79. The van der Waals surface area contributed by atoms with Crippen molar-refractivity contribution in [3.63, 3.8) is 0 Å². The molecule has 1 spiro atoms. The van der Waals surface area contributed by atoms with Crippen LogP contribution in [-0.4, -0.2) is 70.9 Å². The molecule has 5 heterocycles. The normalized spacial score (nSPS) is 23.3. The summed E-state index contributed by atoms with van der Waals surface area (Å²) in [6, 6.07) is 5.75. The van der Waals surface area contributed by atoms with Gasteiger partial charge in [-0.15, -0.1) is 11.3 Å². The van der Waals surface area contributed by atoms with Crippen molar-refractivity contribution in [2.24, 2.45) is 4.99 Å². The molecule has 0 aliphatic carbocycles. The number of carbonyl (C=O) groups is 1. The Morgan fingerprint density at radius 1 is 1.24 bits per heavy atom. The minimum absolute atomic E-state index is 0.218. The van der Waals surface area contributed by atoms with Gasteiger partial charge in [-0.1, -0.05) is 0 Å². The Hall–Kier alpha value is -2.52. The topological polar surface area (TPSA) is 84.1 Å². The van der Waals surface area contributed by atoms with E-state index < -0.39 is 5.67 Å². The first kappa shape index (κ1) is 22.3. The molecule has 0 atom stereocenters. The van der Waals surface area contributed by atoms with Crippen LogP contribution in [0, 0.1) is 0 Å². The summed E-state index contributed by atoms with van der Waals surface area (Å²) in [4.78, 5) is 26.7. The van der Waals surface area contributed by atoms with Gasteiger partial charge in [-0.3, -0.25) is 14.7 Å². The Labute approximate surface area is 197 Å². The van der Waals surface area contributed by atoms with Gasteiger partial charge in [0.05, 0.1) is 10.6 Å². The van der Waals surface area contributed by atoms with Crippen molar-refractivity contribution in [3.8, 4) is 5.75 Å². The third kappa shape index (κ3) is 4.36. The molecule has 2 saturated heterocycles. The van der Waals surface area contributed by atoms with Gasteiger partial charge in [0, 0.05) is 78.1 Å². The molecule has 2 fully saturated rings. The molecule has 3 aliphatic rings. The summed E-state index contributed by atoms with van der Waals surface area (Å²) in [5.74, 6) is 1.01. The quantitative estimate of drug-likeness (QED) is 0.743. The van der Waals surface area contributed by atoms with Gasteiger partial charge in [0.25, 0.3) is 5.91 Å². The minimum Gasteiger partial charge on any atom is -0.485 e. The first-order valence-electron chi connectivity index (χ1n) is 11.5. The van der Waals surface area contributed by atoms with Crippen LogP contribution in [0.15, 0.2) is 34.8 Å². The monoisotopic (exact) mass is 471 g/mol. The van der Waals surface area contributed by atoms with Crippen molar-refractivity contribution < 1.29 is 13.9 Å². The van der Waals surface area contributed by atoms with Crippen LogP contribution in [0.3, 0.4) is 0 Å². The Morgan fingerprint density at radius 3 is 2.70 bits per heavy atom. The summed E-state index contributed by atoms with van der Waals surface area (Å²) in [7, 11) is 1.82. The van der Waals surface area contributed by atoms with Crippen LogP contribution >= 0.6 is 11.3 Å². The number of alkyl halides is 1. The van der Waals surface area contributed by atoms with Gasteiger partial charge in [-0.05, 0) is 29.1 Å². The molecular formula is C24H30FN5O2S. The Kier molecular flexibility index (Phi) is 5.86. The lowest BCUT2D eigenvalue weighted by molar-refractivity contribution is -0.151. The molecule has 2 aromatic rings. The van der Waals surface area contributed by atoms with Crippen molar-refractivity contribution in [1.82, 2.24) is 14.8 Å². The molecule has 3 aliphatic heterocycles. The molecule has 9 heteroatoms. The van der Waals surface area contributed by atoms with E-state index in [1.54, 1.807) is 22.4 Å². The van der Waals surface area contributed by atoms with Gasteiger partial charge < -0.3 is 15.4 Å². The molecule has 0 bridgehead atoms. The largest absolute Gasteiger partial charge is 0.485 e. The van der Waals surface area contributed by atoms with Crippen LogP contribution in [0.5, 0.6) is 5.75 Å². The Bertz CT molecular complexity index is 1050. The zero-order valence-corrected chi connectivity index (χ0v) is 19.7. The molecule has 176 valence electrons. The molecule has 1 amide bonds. The Balaban J connectivity index is 1.18. The number of piperidine rings is 2. The number of anilines is 1. The number of nitrogens with two attached hydrogens (primary N) is 1. The number of rotatable bonds is 3. The van der Waals surface area contributed by atoms with E-state index in [2.05, 4.69) is 14.9 Å². The molecule has 0 radical (unpaired) electrons. The molecular weight excluding hydrogens is 441 g/mol. The van der Waals surface area contributed by atoms with Crippen LogP contribution in [0.1, 0.15) is 42.5 Å². The van der Waals surface area contributed by atoms with Crippen LogP contribution in [-0.2, 0) is 11.3 Å². The number of amides is 1. The third-order valence-corrected chi connectivity index (χ3v) is 8.17. The second kappa shape index (κ2) is 8.68. The molecule has 0 saturated carbocycles. The van der Waals surface area contributed by atoms with Gasteiger partial charge in [0.15, 0.2) is 5.67 Å². The van der Waals surface area contributed by atoms with Crippen LogP contribution in [0.25, 0.3) is 0 Å². The van der Waals surface area contributed by atoms with E-state index in [0.717, 1.165) is 28.3 Å². The molecule has 2 N–H and O–H groups in total. The standard InChI is InChI=1S/C24H30FN5O2S/c1-27-18-15-23(32-19-3-13-33-21(18)19)4-11-30(12-5-23)22(31)24(25)6-9-29(10-7-24)16-17-2-8-28-20(26)14-17/h2-3,8,13-14H,4-7,9-12,15-16H2,1H3,(H2,26,28). The molecule has 5 rings (SSSR count). The fourth-order valence-electron chi connectivity index (χ4n) is 5.23. The van der Waals surface area contributed by atoms with Crippen LogP contribution in [0.2, 0.25) is 0 Å². The number of thiophene rings is 1. The van der Waals surface area contributed by atoms with Crippen LogP contribution in [0.4, 0.5) is 10.2 Å². The summed E-state index contributed by atoms with van der Waals surface area (Å²) in [5.41, 5.74) is 5.74. The number of halogens is 1. The summed E-state index contributed by atoms with van der Waals surface area (Å²) in [5, 5.41) is 2.02. The van der Waals surface area contributed by atoms with Gasteiger partial charge in [-0.25, -0.2) is 9.37 Å². The van der Waals surface area contributed by atoms with Crippen molar-refractivity contribution in [3.05, 3.63) is 40.2 Å². The number of fused-ring (bicyclic) bond motifs is 1. The number of nitrogens with zero attached hydrogens (tertiary/aromatic N) is 4. The first-order chi connectivity index (χ1) is 15.9. The number of aliphatic imine (C=N–C) groups is 1. The van der Waals surface area contributed by atoms with E-state index in [0.29, 0.717) is 51.4 Å². The van der Waals surface area contributed by atoms with E-state index in [1.165, 1.54) is 0 Å². The average molecular weight is 472 g/mol. The summed E-state index contributed by atoms with van der Waals surface area (Å²) < 4.78 is 22.1. The number of ether oxygens (including phenoxy) is 1. The van der Waals surface area contributed by atoms with Crippen molar-refractivity contribution in [2.45, 2.75) is 49.9 Å². The third-order valence-electron chi connectivity index (χ3n) is 7.22. The van der Waals surface area contributed by atoms with E-state index in [1.807, 2.05) is 30.6 Å². The number of hydrogen-bond donors (Lipinski definition) is 1. The lowest BCUT2D eigenvalue weighted by Gasteiger charge is -2.46. The average Bonchev–Trinajstić information content (AvgIpc) is 3.28. The van der Waals surface area contributed by atoms with Crippen LogP contribution < -0.4 is 10.5 Å². The predicted molar refractivity (Wildman–Crippen MR) is 128 cm³/mol. The van der Waals surface area contributed by atoms with Gasteiger partial charge in [0.1, 0.15) is 17.2 Å². The first-order valence-corrected chi connectivity index (χ1v) is 12.4. The molecule has 33 heavy (non-hydrogen) atoms. The summed E-state index contributed by atoms with van der Waals surface area (Å²) in [6.45, 7) is 2.81. The van der Waals surface area contributed by atoms with Gasteiger partial charge in [-0.2, -0.15) is 0 Å². The van der Waals surface area contributed by atoms with E-state index in [4.69, 9.17) is 10.5 Å². The number of likely N-dealkylation sites (tertiary alicyclic amines) is 2. The number of carbonyl (C=O) groups excluding carboxylic acids is 1. The lowest BCUT2D eigenvalue weighted by Crippen LogP contribution is -2.57. The maximum atomic E-state index is 15.7. The van der Waals surface area contributed by atoms with Crippen molar-refractivity contribution >= 4 is 28.8 Å². The molecule has 7 nitrogen and oxygen atoms in total. The highest BCUT2D eigenvalue weighted by molar-refractivity contribution is 7.12. The second-order valence-corrected chi connectivity index (χ2v) is 10.3. The summed E-state index contributed by atoms with van der Waals surface area (Å²) >= 11 is 1.65. The smallest absolute Gasteiger partial charge is 0.260 e. The summed E-state index contributed by atoms with van der Waals surface area (Å²) in [6.07, 6.45) is 4.25. The highest BCUT2D eigenvalue weighted by Gasteiger charge is 2.48. The fourth-order valence-corrected chi connectivity index (χ4v) is 6.09. The van der Waals surface area contributed by atoms with E-state index in [-0.39, 0.29) is 24.3 Å². The van der Waals surface area contributed by atoms with Crippen molar-refractivity contribution in [2.75, 3.05) is 39.0 Å². The van der Waals surface area contributed by atoms with E-state index >= 15 is 4.39 Å². The predicted octanol–water partition coefficient (Wildman–Crippen LogP) is 3.29. The lowest BCUT2D eigenvalue weighted by atomic mass is 9.82. The number of pyridine rings is 1. The molecule has 2 aromatic heterocycles. The van der Waals surface area contributed by atoms with Gasteiger partial charge >= 0.3 is 0 Å². The maximum absolute atomic E-state index is 15.7. The highest BCUT2D eigenvalue weighted by Crippen LogP contribution is 2.42. The van der Waals surface area contributed by atoms with Gasteiger partial charge in [0.2, 0.25) is 0 Å². The molecule has 0 aromatic carbocycles. The number of aromatic nitrogens is 1. The van der Waals surface area contributed by atoms with E-state index in [9.17, 15) is 4.79 Å². The number of nitrogen functional groups attached to an aromatic ring is 1. The SMILES string of the molecule is CN=C1CC2(CCN(C(=O)C3(F)CCN(Cc4ccnc(N)c4)CC3)CC2)Oc2ccsc21. The zero-order valence-electron chi connectivity index (χ0n) is 18.9. The Morgan fingerprint density at radius 2 is 2.00 bits per heavy atom. The number of hydrogen-bond acceptors (Lipinski definition) is 7. The molecule has 0 unspecified atom stereocenters. The highest BCUT2D eigenvalue weighted by atomic mass is 32.1. The fraction of sp³-hybridized carbons (Fsp3) is 0.542. The second-order valence-electron chi connectivity index (χ2n) is 9.37. The van der Waals surface area contributed by atoms with Crippen molar-refractivity contribution in [1.29, 1.82) is 0 Å².